The van der Waals surface area contributed by atoms with Crippen LogP contribution in [0, 0.1) is 0 Å². The predicted octanol–water partition coefficient (Wildman–Crippen LogP) is 0.586. The molecule has 0 radical (unpaired) electrons. The Balaban J connectivity index is 3.85. The zero-order chi connectivity index (χ0) is 8.36. The summed E-state index contributed by atoms with van der Waals surface area (Å²) in [5.41, 5.74) is 4.76. The van der Waals surface area contributed by atoms with E-state index in [1.54, 1.807) is 0 Å². The summed E-state index contributed by atoms with van der Waals surface area (Å²) in [6, 6.07) is 0. The van der Waals surface area contributed by atoms with Crippen molar-refractivity contribution in [3.05, 3.63) is 0 Å². The topological polar surface area (TPSA) is 46.2 Å². The van der Waals surface area contributed by atoms with Gasteiger partial charge < -0.3 is 10.8 Å². The number of halogens is 3. The summed E-state index contributed by atoms with van der Waals surface area (Å²) in [5.74, 6) is 0. The molecule has 0 saturated carbocycles. The van der Waals surface area contributed by atoms with Crippen LogP contribution in [0.15, 0.2) is 0 Å². The van der Waals surface area contributed by atoms with Gasteiger partial charge >= 0.3 is 6.18 Å². The van der Waals surface area contributed by atoms with E-state index in [4.69, 9.17) is 10.8 Å². The molecule has 10 heavy (non-hydrogen) atoms. The lowest BCUT2D eigenvalue weighted by molar-refractivity contribution is -0.201. The number of rotatable bonds is 2. The Morgan fingerprint density at radius 1 is 1.60 bits per heavy atom. The molecule has 6 heteroatoms. The van der Waals surface area contributed by atoms with Gasteiger partial charge in [0, 0.05) is 6.42 Å². The molecule has 1 unspecified atom stereocenters. The number of thiocarbonyl (C=S) groups is 1. The van der Waals surface area contributed by atoms with Crippen LogP contribution in [-0.4, -0.2) is 22.4 Å². The molecule has 0 aliphatic rings. The number of alkyl halides is 3. The van der Waals surface area contributed by atoms with Gasteiger partial charge in [0.25, 0.3) is 0 Å². The van der Waals surface area contributed by atoms with E-state index in [9.17, 15) is 13.2 Å². The predicted molar refractivity (Wildman–Crippen MR) is 33.5 cm³/mol. The van der Waals surface area contributed by atoms with Crippen molar-refractivity contribution in [2.45, 2.75) is 18.7 Å². The Bertz CT molecular complexity index is 135. The quantitative estimate of drug-likeness (QED) is 0.600. The molecule has 0 bridgehead atoms. The van der Waals surface area contributed by atoms with Crippen molar-refractivity contribution in [1.29, 1.82) is 0 Å². The van der Waals surface area contributed by atoms with Crippen LogP contribution in [0.1, 0.15) is 6.42 Å². The van der Waals surface area contributed by atoms with E-state index in [1.165, 1.54) is 0 Å². The molecule has 0 amide bonds. The molecular weight excluding hydrogens is 167 g/mol. The van der Waals surface area contributed by atoms with Crippen molar-refractivity contribution in [1.82, 2.24) is 0 Å². The fourth-order valence-corrected chi connectivity index (χ4v) is 0.464. The molecule has 0 spiro atoms. The van der Waals surface area contributed by atoms with Gasteiger partial charge in [-0.15, -0.1) is 0 Å². The summed E-state index contributed by atoms with van der Waals surface area (Å²) in [4.78, 5) is -0.343. The highest BCUT2D eigenvalue weighted by Crippen LogP contribution is 2.21. The first-order valence-corrected chi connectivity index (χ1v) is 2.78. The minimum absolute atomic E-state index is 0.343. The number of aliphatic hydroxyl groups excluding tert-OH is 1. The van der Waals surface area contributed by atoms with Crippen molar-refractivity contribution in [3.8, 4) is 0 Å². The highest BCUT2D eigenvalue weighted by molar-refractivity contribution is 7.80. The van der Waals surface area contributed by atoms with Crippen LogP contribution in [0.5, 0.6) is 0 Å². The van der Waals surface area contributed by atoms with Crippen LogP contribution in [0.3, 0.4) is 0 Å². The third kappa shape index (κ3) is 3.62. The van der Waals surface area contributed by atoms with Gasteiger partial charge in [-0.3, -0.25) is 0 Å². The third-order valence-electron chi connectivity index (χ3n) is 0.772. The number of hydrogen-bond donors (Lipinski definition) is 2. The van der Waals surface area contributed by atoms with E-state index < -0.39 is 18.7 Å². The van der Waals surface area contributed by atoms with E-state index in [1.807, 2.05) is 0 Å². The second kappa shape index (κ2) is 3.16. The van der Waals surface area contributed by atoms with Crippen molar-refractivity contribution in [2.75, 3.05) is 0 Å². The normalized spacial score (nSPS) is 14.8. The van der Waals surface area contributed by atoms with Gasteiger partial charge in [-0.1, -0.05) is 12.2 Å². The first-order chi connectivity index (χ1) is 4.34. The number of hydrogen-bond acceptors (Lipinski definition) is 2. The Hall–Kier alpha value is -0.360. The summed E-state index contributed by atoms with van der Waals surface area (Å²) < 4.78 is 34.3. The average Bonchev–Trinajstić information content (AvgIpc) is 1.60. The molecule has 0 heterocycles. The van der Waals surface area contributed by atoms with Crippen LogP contribution >= 0.6 is 12.2 Å². The van der Waals surface area contributed by atoms with Gasteiger partial charge in [0.2, 0.25) is 0 Å². The summed E-state index contributed by atoms with van der Waals surface area (Å²) in [6.07, 6.45) is -7.76. The maximum Gasteiger partial charge on any atom is 0.414 e. The molecule has 0 aliphatic heterocycles. The zero-order valence-corrected chi connectivity index (χ0v) is 5.67. The highest BCUT2D eigenvalue weighted by Gasteiger charge is 2.38. The molecule has 0 fully saturated rings. The minimum atomic E-state index is -4.62. The first-order valence-electron chi connectivity index (χ1n) is 2.37. The van der Waals surface area contributed by atoms with Crippen molar-refractivity contribution < 1.29 is 18.3 Å². The second-order valence-electron chi connectivity index (χ2n) is 1.73. The molecule has 0 aliphatic carbocycles. The van der Waals surface area contributed by atoms with E-state index in [-0.39, 0.29) is 4.99 Å². The summed E-state index contributed by atoms with van der Waals surface area (Å²) in [5, 5.41) is 8.26. The molecular formula is C4H6F3NOS. The maximum absolute atomic E-state index is 11.4. The Kier molecular flexibility index (Phi) is 3.04. The van der Waals surface area contributed by atoms with Gasteiger partial charge in [0.15, 0.2) is 6.10 Å². The van der Waals surface area contributed by atoms with Crippen molar-refractivity contribution in [3.63, 3.8) is 0 Å². The molecule has 0 aromatic rings. The zero-order valence-electron chi connectivity index (χ0n) is 4.85. The van der Waals surface area contributed by atoms with Crippen LogP contribution in [0.25, 0.3) is 0 Å². The fraction of sp³-hybridized carbons (Fsp3) is 0.750. The van der Waals surface area contributed by atoms with E-state index in [2.05, 4.69) is 12.2 Å². The van der Waals surface area contributed by atoms with Gasteiger partial charge in [-0.05, 0) is 0 Å². The van der Waals surface area contributed by atoms with Gasteiger partial charge in [-0.25, -0.2) is 0 Å². The smallest absolute Gasteiger partial charge is 0.393 e. The molecule has 0 aromatic carbocycles. The molecule has 3 N–H and O–H groups in total. The molecule has 0 rings (SSSR count). The molecule has 60 valence electrons. The highest BCUT2D eigenvalue weighted by atomic mass is 32.1. The standard InChI is InChI=1S/C4H6F3NOS/c5-4(6,7)2(9)1-3(8)10/h2,9H,1H2,(H2,8,10). The van der Waals surface area contributed by atoms with E-state index >= 15 is 0 Å². The lowest BCUT2D eigenvalue weighted by atomic mass is 10.2. The van der Waals surface area contributed by atoms with E-state index in [0.717, 1.165) is 0 Å². The minimum Gasteiger partial charge on any atom is -0.393 e. The molecule has 1 atom stereocenters. The Morgan fingerprint density at radius 3 is 2.10 bits per heavy atom. The Labute approximate surface area is 60.8 Å². The average molecular weight is 173 g/mol. The number of nitrogens with two attached hydrogens (primary N) is 1. The summed E-state index contributed by atoms with van der Waals surface area (Å²) >= 11 is 4.16. The summed E-state index contributed by atoms with van der Waals surface area (Å²) in [6.45, 7) is 0. The molecule has 0 aromatic heterocycles. The van der Waals surface area contributed by atoms with Gasteiger partial charge in [0.1, 0.15) is 0 Å². The Morgan fingerprint density at radius 2 is 2.00 bits per heavy atom. The van der Waals surface area contributed by atoms with E-state index in [0.29, 0.717) is 0 Å². The first kappa shape index (κ1) is 9.64. The largest absolute Gasteiger partial charge is 0.414 e. The maximum atomic E-state index is 11.4. The summed E-state index contributed by atoms with van der Waals surface area (Å²) in [7, 11) is 0. The fourth-order valence-electron chi connectivity index (χ4n) is 0.306. The molecule has 0 saturated heterocycles. The van der Waals surface area contributed by atoms with Crippen LogP contribution in [0.4, 0.5) is 13.2 Å². The van der Waals surface area contributed by atoms with Crippen LogP contribution in [0.2, 0.25) is 0 Å². The van der Waals surface area contributed by atoms with Crippen LogP contribution in [-0.2, 0) is 0 Å². The van der Waals surface area contributed by atoms with Crippen LogP contribution < -0.4 is 5.73 Å². The second-order valence-corrected chi connectivity index (χ2v) is 2.25. The van der Waals surface area contributed by atoms with Crippen molar-refractivity contribution >= 4 is 17.2 Å². The van der Waals surface area contributed by atoms with Gasteiger partial charge in [-0.2, -0.15) is 13.2 Å². The SMILES string of the molecule is NC(=S)CC(O)C(F)(F)F. The molecule has 2 nitrogen and oxygen atoms in total. The monoisotopic (exact) mass is 173 g/mol. The van der Waals surface area contributed by atoms with Gasteiger partial charge in [0.05, 0.1) is 4.99 Å². The lowest BCUT2D eigenvalue weighted by Gasteiger charge is -2.12. The lowest BCUT2D eigenvalue weighted by Crippen LogP contribution is -2.32. The van der Waals surface area contributed by atoms with Crippen molar-refractivity contribution in [2.24, 2.45) is 5.73 Å². The number of aliphatic hydroxyl groups is 1. The third-order valence-corrected chi connectivity index (χ3v) is 0.939.